The molecule has 0 amide bonds. The fraction of sp³-hybridized carbons (Fsp3) is 0.545. The van der Waals surface area contributed by atoms with Crippen molar-refractivity contribution in [2.45, 2.75) is 12.8 Å². The molecule has 0 N–H and O–H groups in total. The summed E-state index contributed by atoms with van der Waals surface area (Å²) >= 11 is 0. The number of carbonyl (C=O) groups excluding carboxylic acids is 1. The maximum atomic E-state index is 11.9. The summed E-state index contributed by atoms with van der Waals surface area (Å²) < 4.78 is 16.2. The van der Waals surface area contributed by atoms with Crippen LogP contribution in [-0.4, -0.2) is 12.8 Å². The standard InChI is InChI=1S/C11H15FO2/c1-3-8-5-9(4-2)10(6-8)7-14-11(12)13/h3-4,8-10H,1-2,5-7H2. The molecule has 0 spiro atoms. The molecule has 1 saturated carbocycles. The van der Waals surface area contributed by atoms with Crippen LogP contribution in [0, 0.1) is 17.8 Å². The van der Waals surface area contributed by atoms with Crippen molar-refractivity contribution in [2.24, 2.45) is 17.8 Å². The van der Waals surface area contributed by atoms with Crippen LogP contribution in [-0.2, 0) is 4.74 Å². The largest absolute Gasteiger partial charge is 0.495 e. The van der Waals surface area contributed by atoms with Crippen molar-refractivity contribution < 1.29 is 13.9 Å². The summed E-state index contributed by atoms with van der Waals surface area (Å²) in [5.74, 6) is 0.925. The molecule has 0 saturated heterocycles. The van der Waals surface area contributed by atoms with E-state index in [9.17, 15) is 9.18 Å². The molecule has 0 heterocycles. The van der Waals surface area contributed by atoms with Gasteiger partial charge in [0.2, 0.25) is 0 Å². The summed E-state index contributed by atoms with van der Waals surface area (Å²) in [6.45, 7) is 7.59. The Balaban J connectivity index is 2.46. The lowest BCUT2D eigenvalue weighted by Crippen LogP contribution is -2.14. The fourth-order valence-electron chi connectivity index (χ4n) is 2.05. The van der Waals surface area contributed by atoms with Gasteiger partial charge in [0.25, 0.3) is 0 Å². The molecule has 78 valence electrons. The molecule has 0 radical (unpaired) electrons. The molecule has 2 nitrogen and oxygen atoms in total. The van der Waals surface area contributed by atoms with Gasteiger partial charge in [0.05, 0.1) is 6.61 Å². The van der Waals surface area contributed by atoms with Gasteiger partial charge in [0, 0.05) is 5.92 Å². The van der Waals surface area contributed by atoms with Gasteiger partial charge in [-0.1, -0.05) is 12.2 Å². The van der Waals surface area contributed by atoms with Crippen molar-refractivity contribution in [3.8, 4) is 0 Å². The average molecular weight is 198 g/mol. The second-order valence-corrected chi connectivity index (χ2v) is 3.68. The van der Waals surface area contributed by atoms with E-state index in [2.05, 4.69) is 17.9 Å². The summed E-state index contributed by atoms with van der Waals surface area (Å²) in [5.41, 5.74) is 0. The lowest BCUT2D eigenvalue weighted by molar-refractivity contribution is 0.0987. The topological polar surface area (TPSA) is 26.3 Å². The number of halogens is 1. The van der Waals surface area contributed by atoms with Crippen LogP contribution in [0.1, 0.15) is 12.8 Å². The van der Waals surface area contributed by atoms with Crippen molar-refractivity contribution >= 4 is 6.22 Å². The maximum absolute atomic E-state index is 11.9. The lowest BCUT2D eigenvalue weighted by atomic mass is 9.97. The average Bonchev–Trinajstić information content (AvgIpc) is 2.57. The third kappa shape index (κ3) is 2.69. The molecule has 1 aliphatic carbocycles. The summed E-state index contributed by atoms with van der Waals surface area (Å²) in [7, 11) is 0. The summed E-state index contributed by atoms with van der Waals surface area (Å²) in [5, 5.41) is 0. The highest BCUT2D eigenvalue weighted by Gasteiger charge is 2.31. The third-order valence-corrected chi connectivity index (χ3v) is 2.83. The van der Waals surface area contributed by atoms with E-state index in [1.165, 1.54) is 0 Å². The number of hydrogen-bond acceptors (Lipinski definition) is 2. The van der Waals surface area contributed by atoms with Crippen LogP contribution in [0.25, 0.3) is 0 Å². The van der Waals surface area contributed by atoms with E-state index in [4.69, 9.17) is 0 Å². The van der Waals surface area contributed by atoms with Gasteiger partial charge >= 0.3 is 6.22 Å². The quantitative estimate of drug-likeness (QED) is 0.512. The summed E-state index contributed by atoms with van der Waals surface area (Å²) in [4.78, 5) is 10.0. The van der Waals surface area contributed by atoms with Crippen molar-refractivity contribution in [3.63, 3.8) is 0 Å². The zero-order valence-electron chi connectivity index (χ0n) is 8.12. The molecule has 3 heteroatoms. The third-order valence-electron chi connectivity index (χ3n) is 2.83. The predicted octanol–water partition coefficient (Wildman–Crippen LogP) is 3.11. The van der Waals surface area contributed by atoms with E-state index in [0.717, 1.165) is 12.8 Å². The first-order chi connectivity index (χ1) is 6.67. The number of ether oxygens (including phenoxy) is 1. The Morgan fingerprint density at radius 2 is 2.14 bits per heavy atom. The normalized spacial score (nSPS) is 31.1. The van der Waals surface area contributed by atoms with Gasteiger partial charge in [-0.3, -0.25) is 0 Å². The highest BCUT2D eigenvalue weighted by Crippen LogP contribution is 2.37. The van der Waals surface area contributed by atoms with E-state index in [-0.39, 0.29) is 12.5 Å². The van der Waals surface area contributed by atoms with Gasteiger partial charge in [0.15, 0.2) is 0 Å². The zero-order chi connectivity index (χ0) is 10.6. The number of hydrogen-bond donors (Lipinski definition) is 0. The minimum absolute atomic E-state index is 0.149. The van der Waals surface area contributed by atoms with Gasteiger partial charge < -0.3 is 4.74 Å². The highest BCUT2D eigenvalue weighted by atomic mass is 19.1. The van der Waals surface area contributed by atoms with E-state index >= 15 is 0 Å². The fourth-order valence-corrected chi connectivity index (χ4v) is 2.05. The molecule has 0 aliphatic heterocycles. The van der Waals surface area contributed by atoms with Gasteiger partial charge in [-0.05, 0) is 24.7 Å². The van der Waals surface area contributed by atoms with Crippen LogP contribution in [0.2, 0.25) is 0 Å². The Labute approximate surface area is 83.4 Å². The first-order valence-electron chi connectivity index (χ1n) is 4.74. The summed E-state index contributed by atoms with van der Waals surface area (Å²) in [6.07, 6.45) is 3.91. The van der Waals surface area contributed by atoms with Crippen molar-refractivity contribution in [1.82, 2.24) is 0 Å². The Hall–Kier alpha value is -1.12. The lowest BCUT2D eigenvalue weighted by Gasteiger charge is -2.13. The van der Waals surface area contributed by atoms with Gasteiger partial charge in [-0.25, -0.2) is 4.79 Å². The smallest absolute Gasteiger partial charge is 0.440 e. The van der Waals surface area contributed by atoms with Gasteiger partial charge in [0.1, 0.15) is 0 Å². The molecule has 1 fully saturated rings. The molecule has 0 aromatic carbocycles. The Morgan fingerprint density at radius 3 is 2.64 bits per heavy atom. The van der Waals surface area contributed by atoms with Crippen molar-refractivity contribution in [2.75, 3.05) is 6.61 Å². The van der Waals surface area contributed by atoms with Gasteiger partial charge in [-0.15, -0.1) is 17.5 Å². The first-order valence-corrected chi connectivity index (χ1v) is 4.74. The molecule has 1 aliphatic rings. The molecule has 0 aromatic heterocycles. The van der Waals surface area contributed by atoms with Gasteiger partial charge in [-0.2, -0.15) is 0 Å². The maximum Gasteiger partial charge on any atom is 0.495 e. The summed E-state index contributed by atoms with van der Waals surface area (Å²) in [6, 6.07) is 0. The predicted molar refractivity (Wildman–Crippen MR) is 52.6 cm³/mol. The second kappa shape index (κ2) is 4.94. The monoisotopic (exact) mass is 198 g/mol. The molecule has 3 atom stereocenters. The first kappa shape index (κ1) is 11.0. The van der Waals surface area contributed by atoms with Crippen LogP contribution in [0.3, 0.4) is 0 Å². The number of rotatable bonds is 4. The van der Waals surface area contributed by atoms with Crippen LogP contribution < -0.4 is 0 Å². The minimum atomic E-state index is -1.70. The van der Waals surface area contributed by atoms with Crippen LogP contribution in [0.15, 0.2) is 25.3 Å². The van der Waals surface area contributed by atoms with E-state index in [1.807, 2.05) is 12.2 Å². The Morgan fingerprint density at radius 1 is 1.43 bits per heavy atom. The van der Waals surface area contributed by atoms with E-state index in [0.29, 0.717) is 11.8 Å². The molecular formula is C11H15FO2. The molecule has 0 bridgehead atoms. The Kier molecular flexibility index (Phi) is 3.86. The molecule has 1 rings (SSSR count). The van der Waals surface area contributed by atoms with Crippen LogP contribution >= 0.6 is 0 Å². The van der Waals surface area contributed by atoms with E-state index in [1.54, 1.807) is 0 Å². The zero-order valence-corrected chi connectivity index (χ0v) is 8.12. The number of carbonyl (C=O) groups is 1. The molecular weight excluding hydrogens is 183 g/mol. The van der Waals surface area contributed by atoms with E-state index < -0.39 is 6.22 Å². The van der Waals surface area contributed by atoms with Crippen LogP contribution in [0.4, 0.5) is 9.18 Å². The SMILES string of the molecule is C=CC1CC(C=C)C(COC(=O)F)C1. The van der Waals surface area contributed by atoms with Crippen molar-refractivity contribution in [3.05, 3.63) is 25.3 Å². The van der Waals surface area contributed by atoms with Crippen LogP contribution in [0.5, 0.6) is 0 Å². The Bertz CT molecular complexity index is 237. The molecule has 0 aromatic rings. The highest BCUT2D eigenvalue weighted by molar-refractivity contribution is 5.57. The number of allylic oxidation sites excluding steroid dienone is 2. The molecule has 14 heavy (non-hydrogen) atoms. The molecule has 3 unspecified atom stereocenters. The second-order valence-electron chi connectivity index (χ2n) is 3.68. The van der Waals surface area contributed by atoms with Crippen molar-refractivity contribution in [1.29, 1.82) is 0 Å². The minimum Gasteiger partial charge on any atom is -0.440 e.